The molecule has 0 saturated carbocycles. The Balaban J connectivity index is 1.66. The van der Waals surface area contributed by atoms with Crippen LogP contribution in [-0.2, 0) is 6.61 Å². The van der Waals surface area contributed by atoms with Crippen LogP contribution >= 0.6 is 28.1 Å². The van der Waals surface area contributed by atoms with E-state index in [1.807, 2.05) is 42.5 Å². The molecular formula is C21H25BrN2O2S. The van der Waals surface area contributed by atoms with E-state index in [-0.39, 0.29) is 0 Å². The van der Waals surface area contributed by atoms with Crippen molar-refractivity contribution in [1.29, 1.82) is 0 Å². The fraction of sp³-hybridized carbons (Fsp3) is 0.381. The number of benzene rings is 2. The second-order valence-electron chi connectivity index (χ2n) is 6.51. The Kier molecular flexibility index (Phi) is 7.10. The molecule has 0 N–H and O–H groups in total. The number of halogens is 1. The first-order valence-corrected chi connectivity index (χ1v) is 10.4. The quantitative estimate of drug-likeness (QED) is 0.611. The number of thiocarbonyl (C=S) groups is 1. The second kappa shape index (κ2) is 9.53. The van der Waals surface area contributed by atoms with E-state index >= 15 is 0 Å². The van der Waals surface area contributed by atoms with Crippen molar-refractivity contribution in [3.63, 3.8) is 0 Å². The van der Waals surface area contributed by atoms with E-state index in [0.29, 0.717) is 12.4 Å². The molecule has 4 nitrogen and oxygen atoms in total. The van der Waals surface area contributed by atoms with Crippen LogP contribution in [0, 0.1) is 0 Å². The van der Waals surface area contributed by atoms with Gasteiger partial charge in [-0.05, 0) is 42.4 Å². The fourth-order valence-electron chi connectivity index (χ4n) is 3.11. The highest BCUT2D eigenvalue weighted by molar-refractivity contribution is 9.10. The molecule has 0 aliphatic carbocycles. The van der Waals surface area contributed by atoms with Gasteiger partial charge >= 0.3 is 0 Å². The lowest BCUT2D eigenvalue weighted by atomic mass is 10.1. The Morgan fingerprint density at radius 1 is 1.04 bits per heavy atom. The lowest BCUT2D eigenvalue weighted by Gasteiger charge is -2.35. The van der Waals surface area contributed by atoms with Crippen molar-refractivity contribution in [2.24, 2.45) is 0 Å². The van der Waals surface area contributed by atoms with E-state index < -0.39 is 0 Å². The van der Waals surface area contributed by atoms with Crippen LogP contribution in [0.5, 0.6) is 11.5 Å². The summed E-state index contributed by atoms with van der Waals surface area (Å²) in [5, 5.41) is 0. The lowest BCUT2D eigenvalue weighted by Crippen LogP contribution is -2.48. The highest BCUT2D eigenvalue weighted by Gasteiger charge is 2.19. The molecule has 0 bridgehead atoms. The van der Waals surface area contributed by atoms with E-state index in [9.17, 15) is 0 Å². The van der Waals surface area contributed by atoms with Gasteiger partial charge in [-0.25, -0.2) is 0 Å². The van der Waals surface area contributed by atoms with Crippen LogP contribution in [-0.4, -0.2) is 54.6 Å². The molecule has 1 fully saturated rings. The van der Waals surface area contributed by atoms with Gasteiger partial charge in [0.25, 0.3) is 0 Å². The highest BCUT2D eigenvalue weighted by Crippen LogP contribution is 2.30. The summed E-state index contributed by atoms with van der Waals surface area (Å²) in [6, 6.07) is 14.0. The summed E-state index contributed by atoms with van der Waals surface area (Å²) < 4.78 is 12.6. The zero-order valence-electron chi connectivity index (χ0n) is 15.8. The normalized spacial score (nSPS) is 14.9. The number of rotatable bonds is 6. The van der Waals surface area contributed by atoms with Crippen molar-refractivity contribution in [3.05, 3.63) is 58.1 Å². The maximum Gasteiger partial charge on any atom is 0.161 e. The van der Waals surface area contributed by atoms with Gasteiger partial charge in [0.2, 0.25) is 0 Å². The van der Waals surface area contributed by atoms with Gasteiger partial charge in [0.1, 0.15) is 11.6 Å². The SMILES string of the molecule is CCN1CCN(C(=S)c2ccc(OCc3ccc(Br)cc3)c(OC)c2)CC1. The van der Waals surface area contributed by atoms with Crippen LogP contribution in [0.4, 0.5) is 0 Å². The third-order valence-electron chi connectivity index (χ3n) is 4.82. The molecule has 1 aliphatic heterocycles. The molecule has 1 heterocycles. The summed E-state index contributed by atoms with van der Waals surface area (Å²) in [6.45, 7) is 7.84. The topological polar surface area (TPSA) is 24.9 Å². The van der Waals surface area contributed by atoms with E-state index in [4.69, 9.17) is 21.7 Å². The second-order valence-corrected chi connectivity index (χ2v) is 7.81. The van der Waals surface area contributed by atoms with Gasteiger partial charge in [-0.2, -0.15) is 0 Å². The molecule has 2 aromatic rings. The van der Waals surface area contributed by atoms with Crippen molar-refractivity contribution in [2.45, 2.75) is 13.5 Å². The van der Waals surface area contributed by atoms with Crippen molar-refractivity contribution in [1.82, 2.24) is 9.80 Å². The molecule has 6 heteroatoms. The Bertz CT molecular complexity index is 774. The Labute approximate surface area is 175 Å². The van der Waals surface area contributed by atoms with Gasteiger partial charge in [-0.1, -0.05) is 47.2 Å². The van der Waals surface area contributed by atoms with E-state index in [1.165, 1.54) is 0 Å². The van der Waals surface area contributed by atoms with Crippen molar-refractivity contribution >= 4 is 33.1 Å². The number of methoxy groups -OCH3 is 1. The minimum atomic E-state index is 0.492. The van der Waals surface area contributed by atoms with Crippen LogP contribution in [0.15, 0.2) is 46.9 Å². The number of ether oxygens (including phenoxy) is 2. The molecular weight excluding hydrogens is 424 g/mol. The third-order valence-corrected chi connectivity index (χ3v) is 5.85. The first-order valence-electron chi connectivity index (χ1n) is 9.17. The molecule has 2 aromatic carbocycles. The van der Waals surface area contributed by atoms with Crippen LogP contribution < -0.4 is 9.47 Å². The number of likely N-dealkylation sites (N-methyl/N-ethyl adjacent to an activating group) is 1. The monoisotopic (exact) mass is 448 g/mol. The van der Waals surface area contributed by atoms with Crippen LogP contribution in [0.2, 0.25) is 0 Å². The molecule has 0 aromatic heterocycles. The van der Waals surface area contributed by atoms with Crippen LogP contribution in [0.1, 0.15) is 18.1 Å². The third kappa shape index (κ3) is 5.21. The van der Waals surface area contributed by atoms with Crippen molar-refractivity contribution in [2.75, 3.05) is 39.8 Å². The van der Waals surface area contributed by atoms with Crippen molar-refractivity contribution < 1.29 is 9.47 Å². The predicted octanol–water partition coefficient (Wildman–Crippen LogP) is 4.35. The molecule has 1 aliphatic rings. The summed E-state index contributed by atoms with van der Waals surface area (Å²) in [5.74, 6) is 1.43. The van der Waals surface area contributed by atoms with Gasteiger partial charge in [-0.15, -0.1) is 0 Å². The highest BCUT2D eigenvalue weighted by atomic mass is 79.9. The average Bonchev–Trinajstić information content (AvgIpc) is 2.72. The van der Waals surface area contributed by atoms with Gasteiger partial charge in [-0.3, -0.25) is 0 Å². The van der Waals surface area contributed by atoms with E-state index in [2.05, 4.69) is 32.7 Å². The van der Waals surface area contributed by atoms with Gasteiger partial charge in [0, 0.05) is 36.2 Å². The predicted molar refractivity (Wildman–Crippen MR) is 117 cm³/mol. The summed E-state index contributed by atoms with van der Waals surface area (Å²) in [4.78, 5) is 5.60. The molecule has 1 saturated heterocycles. The maximum absolute atomic E-state index is 5.96. The number of piperazine rings is 1. The largest absolute Gasteiger partial charge is 0.493 e. The van der Waals surface area contributed by atoms with Gasteiger partial charge < -0.3 is 19.3 Å². The summed E-state index contributed by atoms with van der Waals surface area (Å²) in [5.41, 5.74) is 2.11. The fourth-order valence-corrected chi connectivity index (χ4v) is 3.69. The first kappa shape index (κ1) is 20.1. The Morgan fingerprint density at radius 2 is 1.74 bits per heavy atom. The average molecular weight is 449 g/mol. The number of nitrogens with zero attached hydrogens (tertiary/aromatic N) is 2. The maximum atomic E-state index is 5.96. The molecule has 0 unspecified atom stereocenters. The molecule has 3 rings (SSSR count). The van der Waals surface area contributed by atoms with Crippen LogP contribution in [0.25, 0.3) is 0 Å². The van der Waals surface area contributed by atoms with Gasteiger partial charge in [0.15, 0.2) is 11.5 Å². The molecule has 0 amide bonds. The minimum Gasteiger partial charge on any atom is -0.493 e. The summed E-state index contributed by atoms with van der Waals surface area (Å²) in [7, 11) is 1.66. The number of hydrogen-bond acceptors (Lipinski definition) is 4. The van der Waals surface area contributed by atoms with Crippen LogP contribution in [0.3, 0.4) is 0 Å². The number of hydrogen-bond donors (Lipinski definition) is 0. The van der Waals surface area contributed by atoms with Gasteiger partial charge in [0.05, 0.1) is 7.11 Å². The molecule has 27 heavy (non-hydrogen) atoms. The molecule has 0 atom stereocenters. The van der Waals surface area contributed by atoms with E-state index in [0.717, 1.165) is 59.1 Å². The molecule has 0 radical (unpaired) electrons. The molecule has 144 valence electrons. The Hall–Kier alpha value is -1.63. The molecule has 0 spiro atoms. The zero-order valence-corrected chi connectivity index (χ0v) is 18.2. The summed E-state index contributed by atoms with van der Waals surface area (Å²) in [6.07, 6.45) is 0. The van der Waals surface area contributed by atoms with E-state index in [1.54, 1.807) is 7.11 Å². The minimum absolute atomic E-state index is 0.492. The smallest absolute Gasteiger partial charge is 0.161 e. The first-order chi connectivity index (χ1) is 13.1. The van der Waals surface area contributed by atoms with Crippen molar-refractivity contribution in [3.8, 4) is 11.5 Å². The summed E-state index contributed by atoms with van der Waals surface area (Å²) >= 11 is 9.17. The standard InChI is InChI=1S/C21H25BrN2O2S/c1-3-23-10-12-24(13-11-23)21(27)17-6-9-19(20(14-17)25-2)26-15-16-4-7-18(22)8-5-16/h4-9,14H,3,10-13,15H2,1-2H3. The zero-order chi connectivity index (χ0) is 19.2. The Morgan fingerprint density at radius 3 is 2.37 bits per heavy atom. The lowest BCUT2D eigenvalue weighted by molar-refractivity contribution is 0.192.